The van der Waals surface area contributed by atoms with Crippen LogP contribution in [0, 0.1) is 0 Å². The van der Waals surface area contributed by atoms with Crippen LogP contribution in [0.4, 0.5) is 0 Å². The normalized spacial score (nSPS) is 11.3. The minimum absolute atomic E-state index is 0.160. The average molecular weight is 308 g/mol. The molecule has 0 saturated heterocycles. The molecular weight excluding hydrogens is 296 g/mol. The molecule has 114 valence electrons. The molecule has 0 saturated carbocycles. The van der Waals surface area contributed by atoms with Gasteiger partial charge in [-0.15, -0.1) is 0 Å². The quantitative estimate of drug-likeness (QED) is 0.416. The SMILES string of the molecule is CCOC(=O)c1cc2c(ccc3oc4cc(C=O)ccc4c32)o1. The summed E-state index contributed by atoms with van der Waals surface area (Å²) in [6.07, 6.45) is 0.777. The lowest BCUT2D eigenvalue weighted by atomic mass is 10.1. The monoisotopic (exact) mass is 308 g/mol. The Bertz CT molecular complexity index is 1070. The number of hydrogen-bond donors (Lipinski definition) is 0. The Morgan fingerprint density at radius 2 is 1.87 bits per heavy atom. The fourth-order valence-corrected chi connectivity index (χ4v) is 2.78. The van der Waals surface area contributed by atoms with Crippen molar-refractivity contribution in [2.24, 2.45) is 0 Å². The summed E-state index contributed by atoms with van der Waals surface area (Å²) in [4.78, 5) is 22.8. The zero-order valence-corrected chi connectivity index (χ0v) is 12.3. The summed E-state index contributed by atoms with van der Waals surface area (Å²) in [5.74, 6) is -0.332. The van der Waals surface area contributed by atoms with Crippen LogP contribution in [-0.4, -0.2) is 18.9 Å². The highest BCUT2D eigenvalue weighted by Crippen LogP contribution is 2.36. The first-order chi connectivity index (χ1) is 11.2. The van der Waals surface area contributed by atoms with E-state index < -0.39 is 5.97 Å². The first-order valence-corrected chi connectivity index (χ1v) is 7.22. The van der Waals surface area contributed by atoms with Crippen molar-refractivity contribution in [2.75, 3.05) is 6.61 Å². The van der Waals surface area contributed by atoms with Gasteiger partial charge >= 0.3 is 5.97 Å². The van der Waals surface area contributed by atoms with E-state index in [1.165, 1.54) is 0 Å². The molecule has 2 aromatic carbocycles. The molecule has 23 heavy (non-hydrogen) atoms. The Kier molecular flexibility index (Phi) is 2.94. The zero-order chi connectivity index (χ0) is 16.0. The second-order valence-electron chi connectivity index (χ2n) is 5.16. The van der Waals surface area contributed by atoms with Crippen molar-refractivity contribution >= 4 is 45.2 Å². The van der Waals surface area contributed by atoms with Crippen molar-refractivity contribution in [3.05, 3.63) is 47.7 Å². The number of benzene rings is 2. The third-order valence-electron chi connectivity index (χ3n) is 3.77. The molecule has 0 amide bonds. The summed E-state index contributed by atoms with van der Waals surface area (Å²) in [6.45, 7) is 2.03. The molecule has 0 unspecified atom stereocenters. The van der Waals surface area contributed by atoms with Gasteiger partial charge in [-0.25, -0.2) is 4.79 Å². The second kappa shape index (κ2) is 4.98. The van der Waals surface area contributed by atoms with Crippen LogP contribution in [0.2, 0.25) is 0 Å². The number of rotatable bonds is 3. The summed E-state index contributed by atoms with van der Waals surface area (Å²) in [7, 11) is 0. The summed E-state index contributed by atoms with van der Waals surface area (Å²) >= 11 is 0. The first-order valence-electron chi connectivity index (χ1n) is 7.22. The Morgan fingerprint density at radius 1 is 1.04 bits per heavy atom. The average Bonchev–Trinajstić information content (AvgIpc) is 3.14. The van der Waals surface area contributed by atoms with Crippen molar-refractivity contribution in [3.8, 4) is 0 Å². The lowest BCUT2D eigenvalue weighted by molar-refractivity contribution is 0.0492. The maximum atomic E-state index is 11.9. The molecule has 0 N–H and O–H groups in total. The van der Waals surface area contributed by atoms with Gasteiger partial charge in [0.05, 0.1) is 6.61 Å². The fraction of sp³-hybridized carbons (Fsp3) is 0.111. The van der Waals surface area contributed by atoms with Crippen LogP contribution >= 0.6 is 0 Å². The van der Waals surface area contributed by atoms with E-state index in [1.807, 2.05) is 6.07 Å². The summed E-state index contributed by atoms with van der Waals surface area (Å²) < 4.78 is 16.4. The Balaban J connectivity index is 2.02. The number of hydrogen-bond acceptors (Lipinski definition) is 5. The van der Waals surface area contributed by atoms with Gasteiger partial charge in [0, 0.05) is 27.8 Å². The highest BCUT2D eigenvalue weighted by molar-refractivity contribution is 6.19. The molecule has 4 aromatic rings. The molecule has 5 heteroatoms. The number of furan rings is 2. The highest BCUT2D eigenvalue weighted by Gasteiger charge is 2.18. The lowest BCUT2D eigenvalue weighted by Gasteiger charge is -1.95. The van der Waals surface area contributed by atoms with Crippen molar-refractivity contribution in [1.29, 1.82) is 0 Å². The number of carbonyl (C=O) groups excluding carboxylic acids is 2. The summed E-state index contributed by atoms with van der Waals surface area (Å²) in [5, 5.41) is 2.50. The van der Waals surface area contributed by atoms with E-state index in [0.29, 0.717) is 22.3 Å². The van der Waals surface area contributed by atoms with E-state index in [9.17, 15) is 9.59 Å². The molecule has 0 fully saturated rings. The predicted molar refractivity (Wildman–Crippen MR) is 84.8 cm³/mol. The van der Waals surface area contributed by atoms with E-state index in [0.717, 1.165) is 22.4 Å². The molecule has 5 nitrogen and oxygen atoms in total. The standard InChI is InChI=1S/C18H12O5/c1-2-21-18(20)16-8-12-13(22-16)5-6-14-17(12)11-4-3-10(9-19)7-15(11)23-14/h3-9H,2H2,1H3. The second-order valence-corrected chi connectivity index (χ2v) is 5.16. The molecule has 0 aliphatic heterocycles. The zero-order valence-electron chi connectivity index (χ0n) is 12.3. The van der Waals surface area contributed by atoms with Crippen LogP contribution in [0.25, 0.3) is 32.9 Å². The molecule has 0 spiro atoms. The van der Waals surface area contributed by atoms with Crippen LogP contribution in [-0.2, 0) is 4.74 Å². The number of carbonyl (C=O) groups is 2. The van der Waals surface area contributed by atoms with Crippen molar-refractivity contribution in [2.45, 2.75) is 6.92 Å². The fourth-order valence-electron chi connectivity index (χ4n) is 2.78. The van der Waals surface area contributed by atoms with E-state index >= 15 is 0 Å². The van der Waals surface area contributed by atoms with E-state index in [2.05, 4.69) is 0 Å². The molecule has 0 bridgehead atoms. The Labute approximate surface area is 130 Å². The van der Waals surface area contributed by atoms with Crippen molar-refractivity contribution in [1.82, 2.24) is 0 Å². The molecule has 0 aliphatic rings. The van der Waals surface area contributed by atoms with E-state index in [1.54, 1.807) is 37.3 Å². The molecule has 2 aromatic heterocycles. The largest absolute Gasteiger partial charge is 0.460 e. The molecule has 0 atom stereocenters. The van der Waals surface area contributed by atoms with Crippen LogP contribution in [0.1, 0.15) is 27.8 Å². The van der Waals surface area contributed by atoms with Gasteiger partial charge in [-0.1, -0.05) is 6.07 Å². The summed E-state index contributed by atoms with van der Waals surface area (Å²) in [5.41, 5.74) is 2.43. The lowest BCUT2D eigenvalue weighted by Crippen LogP contribution is -2.02. The number of aldehydes is 1. The minimum Gasteiger partial charge on any atom is -0.460 e. The topological polar surface area (TPSA) is 69.7 Å². The van der Waals surface area contributed by atoms with Gasteiger partial charge in [-0.2, -0.15) is 0 Å². The molecule has 2 heterocycles. The minimum atomic E-state index is -0.493. The number of ether oxygens (including phenoxy) is 1. The Morgan fingerprint density at radius 3 is 2.65 bits per heavy atom. The Hall–Kier alpha value is -3.08. The van der Waals surface area contributed by atoms with Crippen LogP contribution < -0.4 is 0 Å². The molecule has 0 radical (unpaired) electrons. The van der Waals surface area contributed by atoms with Gasteiger partial charge in [-0.05, 0) is 31.2 Å². The van der Waals surface area contributed by atoms with Gasteiger partial charge < -0.3 is 13.6 Å². The molecule has 4 rings (SSSR count). The maximum absolute atomic E-state index is 11.9. The van der Waals surface area contributed by atoms with Gasteiger partial charge in [0.25, 0.3) is 0 Å². The van der Waals surface area contributed by atoms with Crippen LogP contribution in [0.5, 0.6) is 0 Å². The van der Waals surface area contributed by atoms with Crippen molar-refractivity contribution < 1.29 is 23.2 Å². The van der Waals surface area contributed by atoms with Crippen LogP contribution in [0.15, 0.2) is 45.2 Å². The number of esters is 1. The van der Waals surface area contributed by atoms with E-state index in [-0.39, 0.29) is 12.4 Å². The van der Waals surface area contributed by atoms with Crippen LogP contribution in [0.3, 0.4) is 0 Å². The third-order valence-corrected chi connectivity index (χ3v) is 3.77. The maximum Gasteiger partial charge on any atom is 0.374 e. The van der Waals surface area contributed by atoms with E-state index in [4.69, 9.17) is 13.6 Å². The van der Waals surface area contributed by atoms with Gasteiger partial charge in [-0.3, -0.25) is 4.79 Å². The van der Waals surface area contributed by atoms with Gasteiger partial charge in [0.1, 0.15) is 23.0 Å². The molecule has 0 aliphatic carbocycles. The van der Waals surface area contributed by atoms with Gasteiger partial charge in [0.2, 0.25) is 5.76 Å². The third kappa shape index (κ3) is 2.01. The first kappa shape index (κ1) is 13.6. The van der Waals surface area contributed by atoms with Gasteiger partial charge in [0.15, 0.2) is 0 Å². The molecular formula is C18H12O5. The summed E-state index contributed by atoms with van der Waals surface area (Å²) in [6, 6.07) is 10.5. The number of fused-ring (bicyclic) bond motifs is 5. The van der Waals surface area contributed by atoms with Crippen molar-refractivity contribution in [3.63, 3.8) is 0 Å². The predicted octanol–water partition coefficient (Wildman–Crippen LogP) is 4.32. The smallest absolute Gasteiger partial charge is 0.374 e. The highest BCUT2D eigenvalue weighted by atomic mass is 16.5.